The van der Waals surface area contributed by atoms with Gasteiger partial charge in [0, 0.05) is 36.4 Å². The molecule has 0 radical (unpaired) electrons. The second-order valence-electron chi connectivity index (χ2n) is 7.53. The highest BCUT2D eigenvalue weighted by Crippen LogP contribution is 2.32. The van der Waals surface area contributed by atoms with E-state index in [0.717, 1.165) is 17.8 Å². The molecule has 172 valence electrons. The Morgan fingerprint density at radius 3 is 2.36 bits per heavy atom. The van der Waals surface area contributed by atoms with E-state index in [-0.39, 0.29) is 17.9 Å². The molecule has 1 saturated heterocycles. The molecule has 10 heteroatoms. The molecule has 3 aromatic rings. The summed E-state index contributed by atoms with van der Waals surface area (Å²) in [7, 11) is 3.12. The molecule has 1 aliphatic heterocycles. The Hall–Kier alpha value is -3.66. The van der Waals surface area contributed by atoms with E-state index in [1.165, 1.54) is 11.3 Å². The Morgan fingerprint density at radius 1 is 0.939 bits per heavy atom. The summed E-state index contributed by atoms with van der Waals surface area (Å²) in [4.78, 5) is 26.9. The Kier molecular flexibility index (Phi) is 7.04. The first kappa shape index (κ1) is 22.5. The number of nitrogens with one attached hydrogen (secondary N) is 2. The van der Waals surface area contributed by atoms with Gasteiger partial charge in [0.25, 0.3) is 5.91 Å². The van der Waals surface area contributed by atoms with Crippen molar-refractivity contribution in [2.45, 2.75) is 18.8 Å². The maximum atomic E-state index is 12.7. The van der Waals surface area contributed by atoms with E-state index in [1.807, 2.05) is 30.3 Å². The minimum atomic E-state index is -0.267. The number of carbonyl (C=O) groups excluding carboxylic acids is 2. The minimum absolute atomic E-state index is 0.166. The van der Waals surface area contributed by atoms with Gasteiger partial charge < -0.3 is 25.0 Å². The number of aromatic nitrogens is 2. The van der Waals surface area contributed by atoms with Gasteiger partial charge in [0.15, 0.2) is 11.5 Å². The Bertz CT molecular complexity index is 1110. The third kappa shape index (κ3) is 5.40. The summed E-state index contributed by atoms with van der Waals surface area (Å²) >= 11 is 1.31. The van der Waals surface area contributed by atoms with Gasteiger partial charge in [0.2, 0.25) is 5.01 Å². The minimum Gasteiger partial charge on any atom is -0.493 e. The average Bonchev–Trinajstić information content (AvgIpc) is 3.35. The number of ether oxygens (including phenoxy) is 2. The number of methoxy groups -OCH3 is 2. The molecule has 2 heterocycles. The molecule has 1 fully saturated rings. The molecule has 2 aromatic carbocycles. The van der Waals surface area contributed by atoms with Gasteiger partial charge in [-0.25, -0.2) is 4.79 Å². The first-order chi connectivity index (χ1) is 16.1. The molecular formula is C23H25N5O4S. The lowest BCUT2D eigenvalue weighted by molar-refractivity contribution is 0.102. The van der Waals surface area contributed by atoms with E-state index in [2.05, 4.69) is 20.8 Å². The fourth-order valence-electron chi connectivity index (χ4n) is 3.64. The predicted molar refractivity (Wildman–Crippen MR) is 126 cm³/mol. The van der Waals surface area contributed by atoms with Crippen LogP contribution in [0.4, 0.5) is 16.2 Å². The third-order valence-corrected chi connectivity index (χ3v) is 6.52. The van der Waals surface area contributed by atoms with Crippen LogP contribution in [0.5, 0.6) is 11.5 Å². The molecule has 3 amide bonds. The highest BCUT2D eigenvalue weighted by Gasteiger charge is 2.27. The van der Waals surface area contributed by atoms with E-state index in [4.69, 9.17) is 9.47 Å². The van der Waals surface area contributed by atoms with Crippen LogP contribution in [0.15, 0.2) is 48.5 Å². The van der Waals surface area contributed by atoms with E-state index < -0.39 is 0 Å². The summed E-state index contributed by atoms with van der Waals surface area (Å²) in [5.74, 6) is 1.06. The molecule has 0 bridgehead atoms. The number of hydrogen-bond donors (Lipinski definition) is 2. The number of hydrogen-bond acceptors (Lipinski definition) is 7. The maximum absolute atomic E-state index is 12.7. The Labute approximate surface area is 195 Å². The molecule has 1 aromatic heterocycles. The molecule has 0 aliphatic carbocycles. The van der Waals surface area contributed by atoms with Crippen LogP contribution >= 0.6 is 11.3 Å². The lowest BCUT2D eigenvalue weighted by atomic mass is 9.98. The fraction of sp³-hybridized carbons (Fsp3) is 0.304. The topological polar surface area (TPSA) is 106 Å². The molecule has 9 nitrogen and oxygen atoms in total. The number of para-hydroxylation sites is 1. The SMILES string of the molecule is COc1ccc(NC(=O)N2CCC(c3nnc(C(=O)Nc4ccccc4)s3)CC2)cc1OC. The third-order valence-electron chi connectivity index (χ3n) is 5.43. The van der Waals surface area contributed by atoms with E-state index in [9.17, 15) is 9.59 Å². The highest BCUT2D eigenvalue weighted by molar-refractivity contribution is 7.13. The van der Waals surface area contributed by atoms with Crippen LogP contribution in [0.2, 0.25) is 0 Å². The largest absolute Gasteiger partial charge is 0.493 e. The van der Waals surface area contributed by atoms with Gasteiger partial charge in [-0.3, -0.25) is 4.79 Å². The van der Waals surface area contributed by atoms with Crippen molar-refractivity contribution in [1.29, 1.82) is 0 Å². The predicted octanol–water partition coefficient (Wildman–Crippen LogP) is 4.22. The standard InChI is InChI=1S/C23H25N5O4S/c1-31-18-9-8-17(14-19(18)32-2)25-23(30)28-12-10-15(11-13-28)21-26-27-22(33-21)20(29)24-16-6-4-3-5-7-16/h3-9,14-15H,10-13H2,1-2H3,(H,24,29)(H,25,30). The normalized spacial score (nSPS) is 13.9. The summed E-state index contributed by atoms with van der Waals surface area (Å²) < 4.78 is 10.5. The molecule has 1 aliphatic rings. The Balaban J connectivity index is 1.31. The van der Waals surface area contributed by atoms with Gasteiger partial charge in [0.05, 0.1) is 14.2 Å². The van der Waals surface area contributed by atoms with Crippen molar-refractivity contribution < 1.29 is 19.1 Å². The number of anilines is 2. The first-order valence-electron chi connectivity index (χ1n) is 10.5. The van der Waals surface area contributed by atoms with Crippen LogP contribution in [0, 0.1) is 0 Å². The Morgan fingerprint density at radius 2 is 1.67 bits per heavy atom. The quantitative estimate of drug-likeness (QED) is 0.562. The number of piperidine rings is 1. The molecule has 4 rings (SSSR count). The van der Waals surface area contributed by atoms with Crippen LogP contribution < -0.4 is 20.1 Å². The van der Waals surface area contributed by atoms with Gasteiger partial charge in [-0.05, 0) is 37.1 Å². The lowest BCUT2D eigenvalue weighted by Crippen LogP contribution is -2.40. The van der Waals surface area contributed by atoms with Gasteiger partial charge >= 0.3 is 6.03 Å². The number of likely N-dealkylation sites (tertiary alicyclic amines) is 1. The molecule has 0 spiro atoms. The van der Waals surface area contributed by atoms with Crippen LogP contribution in [0.25, 0.3) is 0 Å². The van der Waals surface area contributed by atoms with E-state index in [1.54, 1.807) is 37.3 Å². The number of amides is 3. The van der Waals surface area contributed by atoms with Gasteiger partial charge in [-0.15, -0.1) is 10.2 Å². The summed E-state index contributed by atoms with van der Waals surface area (Å²) in [6, 6.07) is 14.3. The number of nitrogens with zero attached hydrogens (tertiary/aromatic N) is 3. The summed E-state index contributed by atoms with van der Waals surface area (Å²) in [6.45, 7) is 1.18. The zero-order valence-corrected chi connectivity index (χ0v) is 19.2. The molecular weight excluding hydrogens is 442 g/mol. The van der Waals surface area contributed by atoms with Crippen molar-refractivity contribution >= 4 is 34.6 Å². The van der Waals surface area contributed by atoms with Crippen LogP contribution in [-0.4, -0.2) is 54.3 Å². The van der Waals surface area contributed by atoms with Crippen molar-refractivity contribution in [1.82, 2.24) is 15.1 Å². The fourth-order valence-corrected chi connectivity index (χ4v) is 4.55. The van der Waals surface area contributed by atoms with Crippen molar-refractivity contribution in [2.24, 2.45) is 0 Å². The molecule has 33 heavy (non-hydrogen) atoms. The summed E-state index contributed by atoms with van der Waals surface area (Å²) in [5.41, 5.74) is 1.35. The number of benzene rings is 2. The lowest BCUT2D eigenvalue weighted by Gasteiger charge is -2.31. The van der Waals surface area contributed by atoms with E-state index in [0.29, 0.717) is 41.0 Å². The van der Waals surface area contributed by atoms with Gasteiger partial charge in [-0.2, -0.15) is 0 Å². The average molecular weight is 468 g/mol. The first-order valence-corrected chi connectivity index (χ1v) is 11.4. The second kappa shape index (κ2) is 10.3. The number of urea groups is 1. The van der Waals surface area contributed by atoms with Gasteiger partial charge in [0.1, 0.15) is 5.01 Å². The molecule has 0 saturated carbocycles. The van der Waals surface area contributed by atoms with Crippen LogP contribution in [0.1, 0.15) is 33.6 Å². The molecule has 2 N–H and O–H groups in total. The van der Waals surface area contributed by atoms with Gasteiger partial charge in [-0.1, -0.05) is 29.5 Å². The number of carbonyl (C=O) groups is 2. The molecule has 0 unspecified atom stereocenters. The van der Waals surface area contributed by atoms with Crippen molar-refractivity contribution in [2.75, 3.05) is 37.9 Å². The molecule has 0 atom stereocenters. The van der Waals surface area contributed by atoms with Crippen molar-refractivity contribution in [3.05, 3.63) is 58.5 Å². The van der Waals surface area contributed by atoms with E-state index >= 15 is 0 Å². The summed E-state index contributed by atoms with van der Waals surface area (Å²) in [5, 5.41) is 15.2. The van der Waals surface area contributed by atoms with Crippen LogP contribution in [-0.2, 0) is 0 Å². The maximum Gasteiger partial charge on any atom is 0.321 e. The second-order valence-corrected chi connectivity index (χ2v) is 8.54. The number of rotatable bonds is 6. The van der Waals surface area contributed by atoms with Crippen molar-refractivity contribution in [3.63, 3.8) is 0 Å². The zero-order valence-electron chi connectivity index (χ0n) is 18.4. The zero-order chi connectivity index (χ0) is 23.2. The smallest absolute Gasteiger partial charge is 0.321 e. The summed E-state index contributed by atoms with van der Waals surface area (Å²) in [6.07, 6.45) is 1.52. The highest BCUT2D eigenvalue weighted by atomic mass is 32.1. The van der Waals surface area contributed by atoms with Crippen LogP contribution in [0.3, 0.4) is 0 Å². The van der Waals surface area contributed by atoms with Crippen molar-refractivity contribution in [3.8, 4) is 11.5 Å². The monoisotopic (exact) mass is 467 g/mol.